The van der Waals surface area contributed by atoms with Crippen LogP contribution in [-0.2, 0) is 28.9 Å². The second-order valence-corrected chi connectivity index (χ2v) is 8.83. The monoisotopic (exact) mass is 380 g/mol. The van der Waals surface area contributed by atoms with E-state index in [9.17, 15) is 9.59 Å². The Kier molecular flexibility index (Phi) is 5.53. The number of rotatable bonds is 5. The van der Waals surface area contributed by atoms with Gasteiger partial charge in [0.1, 0.15) is 4.83 Å². The third-order valence-electron chi connectivity index (χ3n) is 4.38. The molecule has 136 valence electrons. The molecule has 0 aliphatic heterocycles. The standard InChI is InChI=1S/C18H24N2O3S2/c1-5-20-17(22)15-12-7-6-11(4)8-13(12)25-16(15)19-18(20)24-9-14(21)23-10(2)3/h10-11H,5-9H2,1-4H3/t11-/m0/s1. The van der Waals surface area contributed by atoms with Crippen LogP contribution in [0.1, 0.15) is 44.6 Å². The van der Waals surface area contributed by atoms with E-state index in [1.165, 1.54) is 22.2 Å². The summed E-state index contributed by atoms with van der Waals surface area (Å²) in [5.41, 5.74) is 1.23. The lowest BCUT2D eigenvalue weighted by molar-refractivity contribution is -0.144. The van der Waals surface area contributed by atoms with E-state index in [0.29, 0.717) is 17.6 Å². The molecule has 0 N–H and O–H groups in total. The third kappa shape index (κ3) is 3.77. The molecule has 2 aromatic rings. The third-order valence-corrected chi connectivity index (χ3v) is 6.48. The number of esters is 1. The molecule has 1 aliphatic carbocycles. The molecule has 3 rings (SSSR count). The molecule has 0 spiro atoms. The van der Waals surface area contributed by atoms with E-state index in [1.807, 2.05) is 20.8 Å². The molecule has 0 bridgehead atoms. The first-order valence-electron chi connectivity index (χ1n) is 8.78. The molecule has 7 heteroatoms. The minimum absolute atomic E-state index is 0.0271. The number of carbonyl (C=O) groups excluding carboxylic acids is 1. The summed E-state index contributed by atoms with van der Waals surface area (Å²) in [6, 6.07) is 0. The highest BCUT2D eigenvalue weighted by molar-refractivity contribution is 7.99. The summed E-state index contributed by atoms with van der Waals surface area (Å²) in [4.78, 5) is 31.7. The highest BCUT2D eigenvalue weighted by Gasteiger charge is 2.24. The Morgan fingerprint density at radius 1 is 1.48 bits per heavy atom. The fourth-order valence-electron chi connectivity index (χ4n) is 3.21. The van der Waals surface area contributed by atoms with Gasteiger partial charge in [-0.2, -0.15) is 0 Å². The highest BCUT2D eigenvalue weighted by Crippen LogP contribution is 2.36. The van der Waals surface area contributed by atoms with E-state index in [2.05, 4.69) is 6.92 Å². The van der Waals surface area contributed by atoms with Crippen molar-refractivity contribution >= 4 is 39.3 Å². The van der Waals surface area contributed by atoms with Gasteiger partial charge in [-0.1, -0.05) is 18.7 Å². The smallest absolute Gasteiger partial charge is 0.316 e. The zero-order chi connectivity index (χ0) is 18.1. The van der Waals surface area contributed by atoms with Gasteiger partial charge in [-0.3, -0.25) is 14.2 Å². The molecule has 1 atom stereocenters. The average Bonchev–Trinajstić information content (AvgIpc) is 2.89. The van der Waals surface area contributed by atoms with Crippen LogP contribution in [0.25, 0.3) is 10.2 Å². The van der Waals surface area contributed by atoms with Gasteiger partial charge in [0, 0.05) is 11.4 Å². The van der Waals surface area contributed by atoms with Gasteiger partial charge < -0.3 is 4.74 Å². The minimum Gasteiger partial charge on any atom is -0.462 e. The molecule has 0 fully saturated rings. The maximum absolute atomic E-state index is 13.0. The molecule has 0 radical (unpaired) electrons. The molecule has 0 unspecified atom stereocenters. The van der Waals surface area contributed by atoms with Crippen LogP contribution in [0.3, 0.4) is 0 Å². The van der Waals surface area contributed by atoms with Crippen LogP contribution in [0.5, 0.6) is 0 Å². The van der Waals surface area contributed by atoms with Gasteiger partial charge in [-0.15, -0.1) is 11.3 Å². The number of hydrogen-bond donors (Lipinski definition) is 0. The topological polar surface area (TPSA) is 61.2 Å². The van der Waals surface area contributed by atoms with Crippen LogP contribution in [0, 0.1) is 5.92 Å². The van der Waals surface area contributed by atoms with Crippen molar-refractivity contribution in [2.45, 2.75) is 64.8 Å². The van der Waals surface area contributed by atoms with Crippen LogP contribution in [0.4, 0.5) is 0 Å². The predicted molar refractivity (Wildman–Crippen MR) is 103 cm³/mol. The van der Waals surface area contributed by atoms with Crippen LogP contribution >= 0.6 is 23.1 Å². The molecule has 0 saturated carbocycles. The molecule has 0 saturated heterocycles. The molecule has 0 amide bonds. The van der Waals surface area contributed by atoms with E-state index in [-0.39, 0.29) is 23.4 Å². The number of nitrogens with zero attached hydrogens (tertiary/aromatic N) is 2. The van der Waals surface area contributed by atoms with Gasteiger partial charge >= 0.3 is 5.97 Å². The maximum Gasteiger partial charge on any atom is 0.316 e. The van der Waals surface area contributed by atoms with Gasteiger partial charge in [0.25, 0.3) is 5.56 Å². The lowest BCUT2D eigenvalue weighted by Crippen LogP contribution is -2.24. The lowest BCUT2D eigenvalue weighted by Gasteiger charge is -2.17. The summed E-state index contributed by atoms with van der Waals surface area (Å²) in [7, 11) is 0. The SMILES string of the molecule is CCn1c(SCC(=O)OC(C)C)nc2sc3c(c2c1=O)CC[C@H](C)C3. The number of thiophene rings is 1. The number of fused-ring (bicyclic) bond motifs is 3. The summed E-state index contributed by atoms with van der Waals surface area (Å²) >= 11 is 2.92. The van der Waals surface area contributed by atoms with E-state index >= 15 is 0 Å². The first-order chi connectivity index (χ1) is 11.9. The quantitative estimate of drug-likeness (QED) is 0.450. The van der Waals surface area contributed by atoms with Crippen molar-refractivity contribution in [2.24, 2.45) is 5.92 Å². The summed E-state index contributed by atoms with van der Waals surface area (Å²) < 4.78 is 6.85. The summed E-state index contributed by atoms with van der Waals surface area (Å²) in [6.45, 7) is 8.39. The van der Waals surface area contributed by atoms with Crippen molar-refractivity contribution in [3.05, 3.63) is 20.8 Å². The zero-order valence-electron chi connectivity index (χ0n) is 15.1. The Hall–Kier alpha value is -1.34. The number of ether oxygens (including phenoxy) is 1. The van der Waals surface area contributed by atoms with Crippen molar-refractivity contribution in [1.82, 2.24) is 9.55 Å². The number of thioether (sulfide) groups is 1. The molecule has 0 aromatic carbocycles. The first kappa shape index (κ1) is 18.5. The van der Waals surface area contributed by atoms with Crippen LogP contribution in [0.2, 0.25) is 0 Å². The average molecular weight is 381 g/mol. The van der Waals surface area contributed by atoms with Gasteiger partial charge in [0.05, 0.1) is 17.2 Å². The van der Waals surface area contributed by atoms with E-state index in [1.54, 1.807) is 15.9 Å². The van der Waals surface area contributed by atoms with Gasteiger partial charge in [0.15, 0.2) is 5.16 Å². The van der Waals surface area contributed by atoms with E-state index in [4.69, 9.17) is 9.72 Å². The van der Waals surface area contributed by atoms with Gasteiger partial charge in [-0.25, -0.2) is 4.98 Å². The fourth-order valence-corrected chi connectivity index (χ4v) is 5.48. The Labute approximate surface area is 155 Å². The molecular formula is C18H24N2O3S2. The van der Waals surface area contributed by atoms with E-state index in [0.717, 1.165) is 29.5 Å². The molecule has 1 aliphatic rings. The second kappa shape index (κ2) is 7.50. The molecule has 2 aromatic heterocycles. The van der Waals surface area contributed by atoms with Crippen molar-refractivity contribution in [3.63, 3.8) is 0 Å². The molecule has 5 nitrogen and oxygen atoms in total. The van der Waals surface area contributed by atoms with Gasteiger partial charge in [0.2, 0.25) is 0 Å². The predicted octanol–water partition coefficient (Wildman–Crippen LogP) is 3.65. The number of hydrogen-bond acceptors (Lipinski definition) is 6. The second-order valence-electron chi connectivity index (χ2n) is 6.80. The summed E-state index contributed by atoms with van der Waals surface area (Å²) in [5.74, 6) is 0.544. The minimum atomic E-state index is -0.281. The van der Waals surface area contributed by atoms with E-state index < -0.39 is 0 Å². The Bertz CT molecular complexity index is 854. The normalized spacial score (nSPS) is 17.1. The van der Waals surface area contributed by atoms with Crippen molar-refractivity contribution in [2.75, 3.05) is 5.75 Å². The number of carbonyl (C=O) groups is 1. The van der Waals surface area contributed by atoms with Gasteiger partial charge in [-0.05, 0) is 51.5 Å². The Balaban J connectivity index is 1.97. The molecular weight excluding hydrogens is 356 g/mol. The number of aromatic nitrogens is 2. The first-order valence-corrected chi connectivity index (χ1v) is 10.6. The largest absolute Gasteiger partial charge is 0.462 e. The van der Waals surface area contributed by atoms with Crippen LogP contribution in [-0.4, -0.2) is 27.4 Å². The zero-order valence-corrected chi connectivity index (χ0v) is 16.8. The summed E-state index contributed by atoms with van der Waals surface area (Å²) in [6.07, 6.45) is 2.99. The maximum atomic E-state index is 13.0. The highest BCUT2D eigenvalue weighted by atomic mass is 32.2. The lowest BCUT2D eigenvalue weighted by atomic mass is 9.89. The molecule has 2 heterocycles. The van der Waals surface area contributed by atoms with Crippen molar-refractivity contribution in [1.29, 1.82) is 0 Å². The fraction of sp³-hybridized carbons (Fsp3) is 0.611. The summed E-state index contributed by atoms with van der Waals surface area (Å²) in [5, 5.41) is 1.40. The molecule has 25 heavy (non-hydrogen) atoms. The Morgan fingerprint density at radius 3 is 2.92 bits per heavy atom. The van der Waals surface area contributed by atoms with Crippen LogP contribution in [0.15, 0.2) is 9.95 Å². The van der Waals surface area contributed by atoms with Crippen LogP contribution < -0.4 is 5.56 Å². The van der Waals surface area contributed by atoms with Crippen molar-refractivity contribution < 1.29 is 9.53 Å². The Morgan fingerprint density at radius 2 is 2.24 bits per heavy atom. The van der Waals surface area contributed by atoms with Crippen molar-refractivity contribution in [3.8, 4) is 0 Å². The number of aryl methyl sites for hydroxylation is 1.